The molecule has 2 heterocycles. The molecule has 2 saturated heterocycles. The van der Waals surface area contributed by atoms with Crippen molar-refractivity contribution in [2.45, 2.75) is 59.9 Å². The van der Waals surface area contributed by atoms with Gasteiger partial charge in [0.1, 0.15) is 5.78 Å². The number of fused-ring (bicyclic) bond motifs is 1. The first-order valence-electron chi connectivity index (χ1n) is 7.48. The molecule has 0 saturated carbocycles. The summed E-state index contributed by atoms with van der Waals surface area (Å²) in [6.45, 7) is 12.7. The van der Waals surface area contributed by atoms with Crippen LogP contribution in [0, 0.1) is 22.7 Å². The SMILES string of the molecule is CC(C)(C)C(=O)C[C@H]1CO[C@@H]2CO[C@@](O)(C(C)(C)C)[C@H]12. The smallest absolute Gasteiger partial charge is 0.176 e. The second kappa shape index (κ2) is 4.79. The van der Waals surface area contributed by atoms with Crippen LogP contribution < -0.4 is 0 Å². The molecule has 2 rings (SSSR count). The summed E-state index contributed by atoms with van der Waals surface area (Å²) in [5, 5.41) is 11.0. The Labute approximate surface area is 121 Å². The highest BCUT2D eigenvalue weighted by Crippen LogP contribution is 2.51. The summed E-state index contributed by atoms with van der Waals surface area (Å²) >= 11 is 0. The second-order valence-electron chi connectivity index (χ2n) is 8.29. The van der Waals surface area contributed by atoms with E-state index in [1.807, 2.05) is 41.5 Å². The zero-order chi connectivity index (χ0) is 15.3. The number of hydrogen-bond acceptors (Lipinski definition) is 4. The Hall–Kier alpha value is -0.450. The Balaban J connectivity index is 2.19. The van der Waals surface area contributed by atoms with Gasteiger partial charge >= 0.3 is 0 Å². The molecule has 4 heteroatoms. The normalized spacial score (nSPS) is 38.0. The van der Waals surface area contributed by atoms with E-state index in [0.29, 0.717) is 19.6 Å². The number of ether oxygens (including phenoxy) is 2. The van der Waals surface area contributed by atoms with Crippen molar-refractivity contribution in [3.05, 3.63) is 0 Å². The van der Waals surface area contributed by atoms with Crippen molar-refractivity contribution in [3.8, 4) is 0 Å². The first kappa shape index (κ1) is 15.9. The Morgan fingerprint density at radius 1 is 1.20 bits per heavy atom. The van der Waals surface area contributed by atoms with Crippen LogP contribution in [0.15, 0.2) is 0 Å². The summed E-state index contributed by atoms with van der Waals surface area (Å²) in [5.41, 5.74) is -0.749. The Kier molecular flexibility index (Phi) is 3.81. The van der Waals surface area contributed by atoms with Gasteiger partial charge in [-0.2, -0.15) is 0 Å². The third-order valence-electron chi connectivity index (χ3n) is 4.71. The molecule has 0 bridgehead atoms. The van der Waals surface area contributed by atoms with E-state index >= 15 is 0 Å². The quantitative estimate of drug-likeness (QED) is 0.846. The molecule has 4 nitrogen and oxygen atoms in total. The lowest BCUT2D eigenvalue weighted by Gasteiger charge is -2.41. The Bertz CT molecular complexity index is 390. The minimum Gasteiger partial charge on any atom is -0.375 e. The molecule has 2 aliphatic rings. The van der Waals surface area contributed by atoms with Gasteiger partial charge in [0.15, 0.2) is 5.79 Å². The van der Waals surface area contributed by atoms with Crippen LogP contribution in [0.1, 0.15) is 48.0 Å². The van der Waals surface area contributed by atoms with Crippen LogP contribution in [-0.2, 0) is 14.3 Å². The van der Waals surface area contributed by atoms with Crippen molar-refractivity contribution in [1.82, 2.24) is 0 Å². The lowest BCUT2D eigenvalue weighted by Crippen LogP contribution is -2.51. The van der Waals surface area contributed by atoms with Crippen molar-refractivity contribution in [1.29, 1.82) is 0 Å². The fourth-order valence-electron chi connectivity index (χ4n) is 3.23. The highest BCUT2D eigenvalue weighted by Gasteiger charge is 2.61. The topological polar surface area (TPSA) is 55.8 Å². The van der Waals surface area contributed by atoms with Crippen molar-refractivity contribution in [3.63, 3.8) is 0 Å². The molecule has 0 unspecified atom stereocenters. The third kappa shape index (κ3) is 2.53. The van der Waals surface area contributed by atoms with Crippen molar-refractivity contribution in [2.75, 3.05) is 13.2 Å². The number of Topliss-reactive ketones (excluding diaryl/α,β-unsaturated/α-hetero) is 1. The Morgan fingerprint density at radius 2 is 1.80 bits per heavy atom. The van der Waals surface area contributed by atoms with Crippen LogP contribution in [-0.4, -0.2) is 36.0 Å². The maximum atomic E-state index is 12.3. The molecule has 0 spiro atoms. The van der Waals surface area contributed by atoms with Crippen LogP contribution in [0.25, 0.3) is 0 Å². The van der Waals surface area contributed by atoms with Crippen LogP contribution in [0.5, 0.6) is 0 Å². The van der Waals surface area contributed by atoms with E-state index in [1.54, 1.807) is 0 Å². The zero-order valence-corrected chi connectivity index (χ0v) is 13.5. The summed E-state index contributed by atoms with van der Waals surface area (Å²) in [6, 6.07) is 0. The number of rotatable bonds is 2. The maximum absolute atomic E-state index is 12.3. The zero-order valence-electron chi connectivity index (χ0n) is 13.5. The van der Waals surface area contributed by atoms with Crippen molar-refractivity contribution >= 4 is 5.78 Å². The van der Waals surface area contributed by atoms with Gasteiger partial charge in [0.25, 0.3) is 0 Å². The summed E-state index contributed by atoms with van der Waals surface area (Å²) in [7, 11) is 0. The molecule has 0 aliphatic carbocycles. The largest absolute Gasteiger partial charge is 0.375 e. The fraction of sp³-hybridized carbons (Fsp3) is 0.938. The van der Waals surface area contributed by atoms with Crippen molar-refractivity contribution < 1.29 is 19.4 Å². The average Bonchev–Trinajstić information content (AvgIpc) is 2.80. The van der Waals surface area contributed by atoms with Gasteiger partial charge in [0, 0.05) is 23.2 Å². The third-order valence-corrected chi connectivity index (χ3v) is 4.71. The first-order valence-corrected chi connectivity index (χ1v) is 7.48. The van der Waals surface area contributed by atoms with E-state index in [0.717, 1.165) is 0 Å². The van der Waals surface area contributed by atoms with Gasteiger partial charge in [0.2, 0.25) is 0 Å². The standard InChI is InChI=1S/C16H28O4/c1-14(2,3)12(17)7-10-8-19-11-9-20-16(18,13(10)11)15(4,5)6/h10-11,13,18H,7-9H2,1-6H3/t10-,11+,13+,16+/m0/s1. The van der Waals surface area contributed by atoms with E-state index in [2.05, 4.69) is 0 Å². The Morgan fingerprint density at radius 3 is 2.30 bits per heavy atom. The molecule has 0 radical (unpaired) electrons. The van der Waals surface area contributed by atoms with Gasteiger partial charge in [-0.1, -0.05) is 41.5 Å². The molecule has 1 N–H and O–H groups in total. The number of carbonyl (C=O) groups excluding carboxylic acids is 1. The number of hydrogen-bond donors (Lipinski definition) is 1. The van der Waals surface area contributed by atoms with Gasteiger partial charge in [-0.3, -0.25) is 4.79 Å². The highest BCUT2D eigenvalue weighted by molar-refractivity contribution is 5.83. The summed E-state index contributed by atoms with van der Waals surface area (Å²) in [6.07, 6.45) is 0.365. The van der Waals surface area contributed by atoms with E-state index in [-0.39, 0.29) is 29.1 Å². The monoisotopic (exact) mass is 284 g/mol. The van der Waals surface area contributed by atoms with Gasteiger partial charge in [-0.15, -0.1) is 0 Å². The minimum absolute atomic E-state index is 0.0402. The molecule has 2 fully saturated rings. The van der Waals surface area contributed by atoms with E-state index in [1.165, 1.54) is 0 Å². The highest BCUT2D eigenvalue weighted by atomic mass is 16.7. The predicted molar refractivity (Wildman–Crippen MR) is 76.2 cm³/mol. The molecular weight excluding hydrogens is 256 g/mol. The minimum atomic E-state index is -1.21. The van der Waals surface area contributed by atoms with Gasteiger partial charge in [-0.05, 0) is 5.92 Å². The molecular formula is C16H28O4. The molecule has 0 amide bonds. The molecule has 0 aromatic heterocycles. The van der Waals surface area contributed by atoms with Gasteiger partial charge < -0.3 is 14.6 Å². The molecule has 116 valence electrons. The second-order valence-corrected chi connectivity index (χ2v) is 8.29. The van der Waals surface area contributed by atoms with Crippen molar-refractivity contribution in [2.24, 2.45) is 22.7 Å². The molecule has 20 heavy (non-hydrogen) atoms. The molecule has 0 aromatic carbocycles. The molecule has 2 aliphatic heterocycles. The predicted octanol–water partition coefficient (Wildman–Crippen LogP) is 2.39. The molecule has 0 aromatic rings. The number of ketones is 1. The van der Waals surface area contributed by atoms with Gasteiger partial charge in [0.05, 0.1) is 19.3 Å². The van der Waals surface area contributed by atoms with Crippen LogP contribution in [0.4, 0.5) is 0 Å². The summed E-state index contributed by atoms with van der Waals surface area (Å²) < 4.78 is 11.4. The first-order chi connectivity index (χ1) is 8.97. The average molecular weight is 284 g/mol. The lowest BCUT2D eigenvalue weighted by molar-refractivity contribution is -0.261. The number of carbonyl (C=O) groups is 1. The lowest BCUT2D eigenvalue weighted by atomic mass is 9.70. The number of aliphatic hydroxyl groups is 1. The maximum Gasteiger partial charge on any atom is 0.176 e. The van der Waals surface area contributed by atoms with Gasteiger partial charge in [-0.25, -0.2) is 0 Å². The van der Waals surface area contributed by atoms with Crippen LogP contribution in [0.3, 0.4) is 0 Å². The fourth-order valence-corrected chi connectivity index (χ4v) is 3.23. The van der Waals surface area contributed by atoms with E-state index in [4.69, 9.17) is 9.47 Å². The summed E-state index contributed by atoms with van der Waals surface area (Å²) in [4.78, 5) is 12.3. The van der Waals surface area contributed by atoms with Crippen LogP contribution in [0.2, 0.25) is 0 Å². The van der Waals surface area contributed by atoms with E-state index in [9.17, 15) is 9.90 Å². The van der Waals surface area contributed by atoms with Crippen LogP contribution >= 0.6 is 0 Å². The van der Waals surface area contributed by atoms with E-state index < -0.39 is 11.2 Å². The summed E-state index contributed by atoms with van der Waals surface area (Å²) in [5.74, 6) is -1.07. The molecule has 4 atom stereocenters.